The molecule has 4 heteroatoms. The quantitative estimate of drug-likeness (QED) is 0.634. The number of ether oxygens (including phenoxy) is 2. The van der Waals surface area contributed by atoms with E-state index < -0.39 is 5.97 Å². The number of hydrogen-bond donors (Lipinski definition) is 1. The van der Waals surface area contributed by atoms with Crippen LogP contribution in [0.3, 0.4) is 0 Å². The molecule has 0 atom stereocenters. The Labute approximate surface area is 142 Å². The van der Waals surface area contributed by atoms with E-state index in [-0.39, 0.29) is 5.57 Å². The number of benzene rings is 2. The highest BCUT2D eigenvalue weighted by atomic mass is 16.5. The van der Waals surface area contributed by atoms with E-state index in [1.165, 1.54) is 0 Å². The molecule has 0 heterocycles. The van der Waals surface area contributed by atoms with E-state index in [0.29, 0.717) is 23.7 Å². The van der Waals surface area contributed by atoms with E-state index in [1.54, 1.807) is 25.3 Å². The zero-order valence-electron chi connectivity index (χ0n) is 14.4. The van der Waals surface area contributed by atoms with Crippen molar-refractivity contribution in [1.82, 2.24) is 0 Å². The maximum Gasteiger partial charge on any atom is 0.336 e. The van der Waals surface area contributed by atoms with Gasteiger partial charge in [0, 0.05) is 0 Å². The lowest BCUT2D eigenvalue weighted by Gasteiger charge is -2.11. The van der Waals surface area contributed by atoms with Crippen LogP contribution in [0.15, 0.2) is 36.4 Å². The first-order valence-corrected chi connectivity index (χ1v) is 7.79. The lowest BCUT2D eigenvalue weighted by atomic mass is 9.98. The van der Waals surface area contributed by atoms with Crippen LogP contribution in [0.1, 0.15) is 29.2 Å². The van der Waals surface area contributed by atoms with Crippen molar-refractivity contribution in [2.45, 2.75) is 20.8 Å². The van der Waals surface area contributed by atoms with Gasteiger partial charge in [-0.2, -0.15) is 0 Å². The second kappa shape index (κ2) is 7.68. The number of rotatable bonds is 6. The molecule has 0 spiro atoms. The summed E-state index contributed by atoms with van der Waals surface area (Å²) in [7, 11) is 1.57. The molecule has 0 fully saturated rings. The molecule has 0 saturated heterocycles. The van der Waals surface area contributed by atoms with Crippen molar-refractivity contribution in [3.05, 3.63) is 58.7 Å². The average Bonchev–Trinajstić information content (AvgIpc) is 2.55. The van der Waals surface area contributed by atoms with Crippen molar-refractivity contribution in [3.63, 3.8) is 0 Å². The Hall–Kier alpha value is -2.75. The number of aliphatic carboxylic acids is 1. The van der Waals surface area contributed by atoms with Gasteiger partial charge < -0.3 is 14.6 Å². The average molecular weight is 326 g/mol. The van der Waals surface area contributed by atoms with E-state index in [2.05, 4.69) is 0 Å². The minimum Gasteiger partial charge on any atom is -0.493 e. The largest absolute Gasteiger partial charge is 0.493 e. The summed E-state index contributed by atoms with van der Waals surface area (Å²) in [6.45, 7) is 6.37. The van der Waals surface area contributed by atoms with E-state index >= 15 is 0 Å². The monoisotopic (exact) mass is 326 g/mol. The Balaban J connectivity index is 2.49. The number of methoxy groups -OCH3 is 1. The molecule has 0 aliphatic heterocycles. The van der Waals surface area contributed by atoms with E-state index in [9.17, 15) is 9.90 Å². The molecule has 2 aromatic rings. The van der Waals surface area contributed by atoms with Crippen molar-refractivity contribution < 1.29 is 19.4 Å². The normalized spacial score (nSPS) is 11.2. The molecule has 0 bridgehead atoms. The highest BCUT2D eigenvalue weighted by Gasteiger charge is 2.12. The standard InChI is InChI=1S/C20H22O4/c1-5-24-19-12-15(7-9-18(19)23-4)11-17(20(21)22)16-8-6-13(2)14(3)10-16/h6-12H,5H2,1-4H3,(H,21,22)/b17-11-. The third-order valence-electron chi connectivity index (χ3n) is 3.85. The minimum absolute atomic E-state index is 0.241. The molecule has 24 heavy (non-hydrogen) atoms. The fraction of sp³-hybridized carbons (Fsp3) is 0.250. The first kappa shape index (κ1) is 17.6. The van der Waals surface area contributed by atoms with Gasteiger partial charge in [0.15, 0.2) is 11.5 Å². The summed E-state index contributed by atoms with van der Waals surface area (Å²) >= 11 is 0. The van der Waals surface area contributed by atoms with Crippen LogP contribution >= 0.6 is 0 Å². The van der Waals surface area contributed by atoms with E-state index in [1.807, 2.05) is 45.0 Å². The molecule has 0 saturated carbocycles. The zero-order valence-corrected chi connectivity index (χ0v) is 14.4. The molecule has 0 aliphatic carbocycles. The summed E-state index contributed by atoms with van der Waals surface area (Å²) in [6, 6.07) is 11.0. The molecule has 0 amide bonds. The molecule has 1 N–H and O–H groups in total. The van der Waals surface area contributed by atoms with Crippen LogP contribution in [0.2, 0.25) is 0 Å². The second-order valence-corrected chi connectivity index (χ2v) is 5.51. The summed E-state index contributed by atoms with van der Waals surface area (Å²) in [6.07, 6.45) is 1.65. The molecule has 2 rings (SSSR count). The fourth-order valence-corrected chi connectivity index (χ4v) is 2.40. The Morgan fingerprint density at radius 1 is 1.08 bits per heavy atom. The Kier molecular flexibility index (Phi) is 5.64. The van der Waals surface area contributed by atoms with Crippen LogP contribution in [0.4, 0.5) is 0 Å². The fourth-order valence-electron chi connectivity index (χ4n) is 2.40. The second-order valence-electron chi connectivity index (χ2n) is 5.51. The molecule has 0 radical (unpaired) electrons. The topological polar surface area (TPSA) is 55.8 Å². The zero-order chi connectivity index (χ0) is 17.7. The number of aryl methyl sites for hydroxylation is 2. The van der Waals surface area contributed by atoms with Crippen LogP contribution in [0.25, 0.3) is 11.6 Å². The molecule has 2 aromatic carbocycles. The molecular formula is C20H22O4. The van der Waals surface area contributed by atoms with Gasteiger partial charge in [0.2, 0.25) is 0 Å². The summed E-state index contributed by atoms with van der Waals surface area (Å²) < 4.78 is 10.8. The summed E-state index contributed by atoms with van der Waals surface area (Å²) in [5.41, 5.74) is 3.86. The number of hydrogen-bond acceptors (Lipinski definition) is 3. The van der Waals surface area contributed by atoms with Crippen LogP contribution < -0.4 is 9.47 Å². The molecule has 0 unspecified atom stereocenters. The Bertz CT molecular complexity index is 775. The minimum atomic E-state index is -0.966. The van der Waals surface area contributed by atoms with Crippen molar-refractivity contribution in [3.8, 4) is 11.5 Å². The summed E-state index contributed by atoms with van der Waals surface area (Å²) in [5.74, 6) is 0.252. The SMILES string of the molecule is CCOc1cc(/C=C(\C(=O)O)c2ccc(C)c(C)c2)ccc1OC. The number of carboxylic acid groups (broad SMARTS) is 1. The first-order chi connectivity index (χ1) is 11.5. The van der Waals surface area contributed by atoms with Crippen LogP contribution in [0, 0.1) is 13.8 Å². The molecule has 0 aliphatic rings. The molecule has 126 valence electrons. The third-order valence-corrected chi connectivity index (χ3v) is 3.85. The summed E-state index contributed by atoms with van der Waals surface area (Å²) in [4.78, 5) is 11.7. The Morgan fingerprint density at radius 2 is 1.83 bits per heavy atom. The lowest BCUT2D eigenvalue weighted by molar-refractivity contribution is -0.130. The maximum atomic E-state index is 11.7. The number of carbonyl (C=O) groups is 1. The molecule has 4 nitrogen and oxygen atoms in total. The van der Waals surface area contributed by atoms with Gasteiger partial charge in [0.05, 0.1) is 19.3 Å². The van der Waals surface area contributed by atoms with Gasteiger partial charge in [0.1, 0.15) is 0 Å². The molecule has 0 aromatic heterocycles. The highest BCUT2D eigenvalue weighted by Crippen LogP contribution is 2.30. The summed E-state index contributed by atoms with van der Waals surface area (Å²) in [5, 5.41) is 9.60. The smallest absolute Gasteiger partial charge is 0.336 e. The predicted molar refractivity (Wildman–Crippen MR) is 95.6 cm³/mol. The van der Waals surface area contributed by atoms with E-state index in [4.69, 9.17) is 9.47 Å². The third kappa shape index (κ3) is 3.96. The highest BCUT2D eigenvalue weighted by molar-refractivity contribution is 6.20. The van der Waals surface area contributed by atoms with Gasteiger partial charge in [-0.15, -0.1) is 0 Å². The predicted octanol–water partition coefficient (Wildman–Crippen LogP) is 4.34. The van der Waals surface area contributed by atoms with E-state index in [0.717, 1.165) is 16.7 Å². The first-order valence-electron chi connectivity index (χ1n) is 7.79. The van der Waals surface area contributed by atoms with Gasteiger partial charge in [0.25, 0.3) is 0 Å². The maximum absolute atomic E-state index is 11.7. The number of carboxylic acids is 1. The van der Waals surface area contributed by atoms with Crippen LogP contribution in [-0.4, -0.2) is 24.8 Å². The van der Waals surface area contributed by atoms with Gasteiger partial charge >= 0.3 is 5.97 Å². The molecular weight excluding hydrogens is 304 g/mol. The van der Waals surface area contributed by atoms with Crippen molar-refractivity contribution in [1.29, 1.82) is 0 Å². The Morgan fingerprint density at radius 3 is 2.42 bits per heavy atom. The van der Waals surface area contributed by atoms with Crippen molar-refractivity contribution >= 4 is 17.6 Å². The van der Waals surface area contributed by atoms with Crippen LogP contribution in [-0.2, 0) is 4.79 Å². The van der Waals surface area contributed by atoms with Crippen molar-refractivity contribution in [2.24, 2.45) is 0 Å². The lowest BCUT2D eigenvalue weighted by Crippen LogP contribution is -2.01. The van der Waals surface area contributed by atoms with Crippen LogP contribution in [0.5, 0.6) is 11.5 Å². The van der Waals surface area contributed by atoms with Gasteiger partial charge in [-0.25, -0.2) is 4.79 Å². The van der Waals surface area contributed by atoms with Crippen molar-refractivity contribution in [2.75, 3.05) is 13.7 Å². The van der Waals surface area contributed by atoms with Gasteiger partial charge in [-0.05, 0) is 61.2 Å². The van der Waals surface area contributed by atoms with Gasteiger partial charge in [-0.1, -0.05) is 24.3 Å². The van der Waals surface area contributed by atoms with Gasteiger partial charge in [-0.3, -0.25) is 0 Å².